The minimum Gasteiger partial charge on any atom is -0.497 e. The first-order chi connectivity index (χ1) is 12.6. The fraction of sp³-hybridized carbons (Fsp3) is 0.263. The van der Waals surface area contributed by atoms with Gasteiger partial charge in [-0.1, -0.05) is 0 Å². The molecule has 134 valence electrons. The predicted octanol–water partition coefficient (Wildman–Crippen LogP) is 3.73. The molecule has 1 aliphatic rings. The van der Waals surface area contributed by atoms with Gasteiger partial charge in [-0.15, -0.1) is 11.3 Å². The minimum atomic E-state index is -0.0708. The van der Waals surface area contributed by atoms with E-state index in [1.807, 2.05) is 12.1 Å². The van der Waals surface area contributed by atoms with E-state index in [9.17, 15) is 4.79 Å². The standard InChI is InChI=1S/C19H19N3O2S2/c1-24-13-4-2-12(3-5-13)17-7-6-14(26-17)10-22-9-8-16-15(11-22)18(23)21-19(25)20-16/h2-7H,8-11H2,1H3,(H2,20,21,23,25). The van der Waals surface area contributed by atoms with Gasteiger partial charge in [0.2, 0.25) is 0 Å². The van der Waals surface area contributed by atoms with Crippen LogP contribution >= 0.6 is 23.6 Å². The third-order valence-corrected chi connectivity index (χ3v) is 5.93. The number of ether oxygens (including phenoxy) is 1. The number of rotatable bonds is 4. The maximum atomic E-state index is 12.1. The van der Waals surface area contributed by atoms with Crippen molar-refractivity contribution in [2.24, 2.45) is 0 Å². The Hall–Kier alpha value is -2.22. The van der Waals surface area contributed by atoms with Gasteiger partial charge < -0.3 is 9.72 Å². The molecule has 2 aromatic heterocycles. The average Bonchev–Trinajstić information content (AvgIpc) is 3.11. The van der Waals surface area contributed by atoms with Gasteiger partial charge in [-0.05, 0) is 54.2 Å². The summed E-state index contributed by atoms with van der Waals surface area (Å²) in [6, 6.07) is 12.4. The summed E-state index contributed by atoms with van der Waals surface area (Å²) < 4.78 is 5.62. The van der Waals surface area contributed by atoms with E-state index in [-0.39, 0.29) is 5.56 Å². The second kappa shape index (κ2) is 7.19. The van der Waals surface area contributed by atoms with Crippen LogP contribution in [0, 0.1) is 4.77 Å². The fourth-order valence-electron chi connectivity index (χ4n) is 3.24. The maximum Gasteiger partial charge on any atom is 0.256 e. The van der Waals surface area contributed by atoms with Gasteiger partial charge in [0.25, 0.3) is 5.56 Å². The maximum absolute atomic E-state index is 12.1. The van der Waals surface area contributed by atoms with Crippen LogP contribution in [0.2, 0.25) is 0 Å². The number of hydrogen-bond acceptors (Lipinski definition) is 5. The molecule has 0 saturated carbocycles. The molecule has 0 fully saturated rings. The number of hydrogen-bond donors (Lipinski definition) is 2. The molecule has 1 aromatic carbocycles. The molecule has 0 saturated heterocycles. The van der Waals surface area contributed by atoms with Crippen molar-refractivity contribution in [3.63, 3.8) is 0 Å². The van der Waals surface area contributed by atoms with Crippen LogP contribution in [-0.4, -0.2) is 28.5 Å². The highest BCUT2D eigenvalue weighted by molar-refractivity contribution is 7.71. The summed E-state index contributed by atoms with van der Waals surface area (Å²) in [5, 5.41) is 0. The summed E-state index contributed by atoms with van der Waals surface area (Å²) in [6.45, 7) is 2.40. The molecule has 4 rings (SSSR count). The third-order valence-electron chi connectivity index (χ3n) is 4.61. The van der Waals surface area contributed by atoms with Crippen LogP contribution in [-0.2, 0) is 19.5 Å². The lowest BCUT2D eigenvalue weighted by molar-refractivity contribution is 0.243. The van der Waals surface area contributed by atoms with Gasteiger partial charge in [-0.2, -0.15) is 0 Å². The van der Waals surface area contributed by atoms with E-state index in [0.29, 0.717) is 11.3 Å². The number of nitrogens with one attached hydrogen (secondary N) is 2. The van der Waals surface area contributed by atoms with Crippen LogP contribution in [0.15, 0.2) is 41.2 Å². The van der Waals surface area contributed by atoms with Crippen molar-refractivity contribution in [2.75, 3.05) is 13.7 Å². The SMILES string of the molecule is COc1ccc(-c2ccc(CN3CCc4[nH]c(=S)[nH]c(=O)c4C3)s2)cc1. The van der Waals surface area contributed by atoms with E-state index in [0.717, 1.165) is 36.5 Å². The molecule has 2 N–H and O–H groups in total. The van der Waals surface area contributed by atoms with Crippen molar-refractivity contribution < 1.29 is 4.74 Å². The van der Waals surface area contributed by atoms with Crippen LogP contribution in [0.5, 0.6) is 5.75 Å². The van der Waals surface area contributed by atoms with Crippen LogP contribution in [0.25, 0.3) is 10.4 Å². The number of benzene rings is 1. The van der Waals surface area contributed by atoms with Gasteiger partial charge in [0.1, 0.15) is 5.75 Å². The van der Waals surface area contributed by atoms with E-state index in [4.69, 9.17) is 17.0 Å². The molecule has 0 spiro atoms. The first-order valence-corrected chi connectivity index (χ1v) is 9.65. The predicted molar refractivity (Wildman–Crippen MR) is 106 cm³/mol. The Bertz CT molecular complexity index is 1030. The molecule has 3 aromatic rings. The van der Waals surface area contributed by atoms with Gasteiger partial charge in [-0.25, -0.2) is 0 Å². The monoisotopic (exact) mass is 385 g/mol. The largest absolute Gasteiger partial charge is 0.497 e. The number of nitrogens with zero attached hydrogens (tertiary/aromatic N) is 1. The molecular formula is C19H19N3O2S2. The smallest absolute Gasteiger partial charge is 0.256 e. The Balaban J connectivity index is 1.49. The summed E-state index contributed by atoms with van der Waals surface area (Å²) in [7, 11) is 1.67. The Morgan fingerprint density at radius 3 is 2.77 bits per heavy atom. The van der Waals surface area contributed by atoms with E-state index >= 15 is 0 Å². The summed E-state index contributed by atoms with van der Waals surface area (Å²) in [4.78, 5) is 22.8. The van der Waals surface area contributed by atoms with E-state index < -0.39 is 0 Å². The number of fused-ring (bicyclic) bond motifs is 1. The second-order valence-corrected chi connectivity index (χ2v) is 7.90. The van der Waals surface area contributed by atoms with Crippen molar-refractivity contribution in [3.05, 3.63) is 67.7 Å². The number of aromatic amines is 2. The molecule has 0 amide bonds. The average molecular weight is 386 g/mol. The molecule has 0 unspecified atom stereocenters. The van der Waals surface area contributed by atoms with Crippen molar-refractivity contribution >= 4 is 23.6 Å². The lowest BCUT2D eigenvalue weighted by atomic mass is 10.1. The summed E-state index contributed by atoms with van der Waals surface area (Å²) in [6.07, 6.45) is 0.819. The van der Waals surface area contributed by atoms with Crippen LogP contribution in [0.1, 0.15) is 16.1 Å². The number of thiophene rings is 1. The molecule has 0 bridgehead atoms. The van der Waals surface area contributed by atoms with Crippen molar-refractivity contribution in [2.45, 2.75) is 19.5 Å². The van der Waals surface area contributed by atoms with Gasteiger partial charge in [-0.3, -0.25) is 14.7 Å². The summed E-state index contributed by atoms with van der Waals surface area (Å²) >= 11 is 6.84. The minimum absolute atomic E-state index is 0.0708. The molecule has 0 atom stereocenters. The molecule has 1 aliphatic heterocycles. The molecule has 7 heteroatoms. The van der Waals surface area contributed by atoms with Crippen molar-refractivity contribution in [3.8, 4) is 16.2 Å². The van der Waals surface area contributed by atoms with E-state index in [1.54, 1.807) is 18.4 Å². The molecule has 26 heavy (non-hydrogen) atoms. The lowest BCUT2D eigenvalue weighted by Crippen LogP contribution is -2.35. The number of aromatic nitrogens is 2. The highest BCUT2D eigenvalue weighted by atomic mass is 32.1. The van der Waals surface area contributed by atoms with Crippen molar-refractivity contribution in [1.82, 2.24) is 14.9 Å². The molecular weight excluding hydrogens is 366 g/mol. The summed E-state index contributed by atoms with van der Waals surface area (Å²) in [5.74, 6) is 0.863. The highest BCUT2D eigenvalue weighted by Crippen LogP contribution is 2.30. The normalized spacial score (nSPS) is 14.2. The van der Waals surface area contributed by atoms with Gasteiger partial charge >= 0.3 is 0 Å². The first kappa shape index (κ1) is 17.2. The quantitative estimate of drug-likeness (QED) is 0.672. The summed E-state index contributed by atoms with van der Waals surface area (Å²) in [5.41, 5.74) is 2.89. The Morgan fingerprint density at radius 1 is 1.19 bits per heavy atom. The molecule has 0 radical (unpaired) electrons. The van der Waals surface area contributed by atoms with Crippen LogP contribution < -0.4 is 10.3 Å². The lowest BCUT2D eigenvalue weighted by Gasteiger charge is -2.27. The van der Waals surface area contributed by atoms with Gasteiger partial charge in [0.05, 0.1) is 12.7 Å². The zero-order valence-electron chi connectivity index (χ0n) is 14.4. The fourth-order valence-corrected chi connectivity index (χ4v) is 4.51. The molecule has 0 aliphatic carbocycles. The van der Waals surface area contributed by atoms with E-state index in [1.165, 1.54) is 15.3 Å². The molecule has 3 heterocycles. The highest BCUT2D eigenvalue weighted by Gasteiger charge is 2.20. The van der Waals surface area contributed by atoms with Gasteiger partial charge in [0.15, 0.2) is 4.77 Å². The zero-order valence-corrected chi connectivity index (χ0v) is 16.0. The van der Waals surface area contributed by atoms with Gasteiger partial charge in [0, 0.05) is 41.5 Å². The second-order valence-electron chi connectivity index (χ2n) is 6.32. The topological polar surface area (TPSA) is 61.1 Å². The molecule has 5 nitrogen and oxygen atoms in total. The van der Waals surface area contributed by atoms with E-state index in [2.05, 4.69) is 39.1 Å². The Morgan fingerprint density at radius 2 is 2.00 bits per heavy atom. The van der Waals surface area contributed by atoms with Crippen LogP contribution in [0.3, 0.4) is 0 Å². The zero-order chi connectivity index (χ0) is 18.1. The first-order valence-electron chi connectivity index (χ1n) is 8.42. The van der Waals surface area contributed by atoms with Crippen LogP contribution in [0.4, 0.5) is 0 Å². The number of H-pyrrole nitrogens is 2. The Labute approximate surface area is 160 Å². The van der Waals surface area contributed by atoms with Crippen molar-refractivity contribution in [1.29, 1.82) is 0 Å². The third kappa shape index (κ3) is 3.51. The number of methoxy groups -OCH3 is 1. The Kier molecular flexibility index (Phi) is 4.76.